The van der Waals surface area contributed by atoms with Crippen molar-refractivity contribution in [1.82, 2.24) is 9.80 Å². The Morgan fingerprint density at radius 3 is 2.55 bits per heavy atom. The lowest BCUT2D eigenvalue weighted by Gasteiger charge is -2.38. The van der Waals surface area contributed by atoms with Crippen molar-refractivity contribution in [3.8, 4) is 0 Å². The fraction of sp³-hybridized carbons (Fsp3) is 0.857. The fourth-order valence-electron chi connectivity index (χ4n) is 5.09. The smallest absolute Gasteiger partial charge is 0.410 e. The van der Waals surface area contributed by atoms with Crippen LogP contribution in [-0.2, 0) is 23.8 Å². The van der Waals surface area contributed by atoms with Crippen molar-refractivity contribution in [2.75, 3.05) is 39.5 Å². The lowest BCUT2D eigenvalue weighted by atomic mass is 9.85. The average molecular weight is 408 g/mol. The maximum atomic E-state index is 13.5. The minimum Gasteiger partial charge on any atom is -0.436 e. The first kappa shape index (κ1) is 20.6. The van der Waals surface area contributed by atoms with Gasteiger partial charge in [-0.25, -0.2) is 4.79 Å². The molecule has 3 unspecified atom stereocenters. The van der Waals surface area contributed by atoms with Crippen LogP contribution in [0.5, 0.6) is 0 Å². The summed E-state index contributed by atoms with van der Waals surface area (Å²) in [6, 6.07) is -0.521. The zero-order chi connectivity index (χ0) is 20.2. The van der Waals surface area contributed by atoms with Gasteiger partial charge in [0.05, 0.1) is 19.3 Å². The molecule has 0 bridgehead atoms. The topological polar surface area (TPSA) is 85.4 Å². The van der Waals surface area contributed by atoms with Crippen LogP contribution in [0.1, 0.15) is 51.4 Å². The van der Waals surface area contributed by atoms with E-state index in [0.717, 1.165) is 38.5 Å². The molecule has 2 amide bonds. The highest BCUT2D eigenvalue weighted by atomic mass is 16.6. The molecular formula is C21H32N2O6. The standard InChI is InChI=1S/C21H32N2O6/c24-16-14-28-17-7-4-8-23(19(16)17)20(25)18(13-15-5-2-1-3-6-15)29-21(26)22-9-11-27-12-10-22/h15,17-19H,1-14H2. The summed E-state index contributed by atoms with van der Waals surface area (Å²) in [5, 5.41) is 0. The first-order chi connectivity index (χ1) is 14.1. The van der Waals surface area contributed by atoms with Gasteiger partial charge in [0, 0.05) is 19.6 Å². The van der Waals surface area contributed by atoms with Crippen molar-refractivity contribution < 1.29 is 28.6 Å². The Balaban J connectivity index is 1.47. The van der Waals surface area contributed by atoms with Crippen LogP contribution in [0.4, 0.5) is 4.79 Å². The van der Waals surface area contributed by atoms with Crippen LogP contribution < -0.4 is 0 Å². The molecule has 0 aromatic rings. The summed E-state index contributed by atoms with van der Waals surface area (Å²) in [5.74, 6) is 0.107. The van der Waals surface area contributed by atoms with E-state index in [9.17, 15) is 14.4 Å². The number of hydrogen-bond donors (Lipinski definition) is 0. The Morgan fingerprint density at radius 2 is 1.79 bits per heavy atom. The number of nitrogens with zero attached hydrogens (tertiary/aromatic N) is 2. The molecule has 4 aliphatic rings. The third-order valence-corrected chi connectivity index (χ3v) is 6.69. The molecule has 0 aromatic carbocycles. The van der Waals surface area contributed by atoms with Crippen LogP contribution in [0.2, 0.25) is 0 Å². The van der Waals surface area contributed by atoms with Crippen molar-refractivity contribution in [3.63, 3.8) is 0 Å². The lowest BCUT2D eigenvalue weighted by molar-refractivity contribution is -0.150. The molecule has 8 nitrogen and oxygen atoms in total. The molecule has 1 saturated carbocycles. The Hall–Kier alpha value is -1.67. The number of carbonyl (C=O) groups is 3. The van der Waals surface area contributed by atoms with Crippen LogP contribution in [-0.4, -0.2) is 85.3 Å². The number of hydrogen-bond acceptors (Lipinski definition) is 6. The van der Waals surface area contributed by atoms with Crippen LogP contribution >= 0.6 is 0 Å². The number of ketones is 1. The highest BCUT2D eigenvalue weighted by Gasteiger charge is 2.46. The van der Waals surface area contributed by atoms with Crippen LogP contribution in [0.15, 0.2) is 0 Å². The van der Waals surface area contributed by atoms with Crippen molar-refractivity contribution in [2.24, 2.45) is 5.92 Å². The Labute approximate surface area is 171 Å². The number of rotatable bonds is 4. The zero-order valence-electron chi connectivity index (χ0n) is 17.1. The second-order valence-corrected chi connectivity index (χ2v) is 8.65. The van der Waals surface area contributed by atoms with Gasteiger partial charge in [-0.15, -0.1) is 0 Å². The minimum atomic E-state index is -0.833. The van der Waals surface area contributed by atoms with Gasteiger partial charge in [0.1, 0.15) is 12.6 Å². The van der Waals surface area contributed by atoms with Gasteiger partial charge in [0.25, 0.3) is 5.91 Å². The molecule has 162 valence electrons. The number of Topliss-reactive ketones (excluding diaryl/α,β-unsaturated/α-hetero) is 1. The van der Waals surface area contributed by atoms with E-state index < -0.39 is 18.2 Å². The summed E-state index contributed by atoms with van der Waals surface area (Å²) in [6.07, 6.45) is 6.29. The summed E-state index contributed by atoms with van der Waals surface area (Å²) in [7, 11) is 0. The van der Waals surface area contributed by atoms with Crippen LogP contribution in [0, 0.1) is 5.92 Å². The maximum Gasteiger partial charge on any atom is 0.410 e. The lowest BCUT2D eigenvalue weighted by Crippen LogP contribution is -2.56. The molecule has 3 aliphatic heterocycles. The molecule has 4 fully saturated rings. The summed E-state index contributed by atoms with van der Waals surface area (Å²) < 4.78 is 16.7. The number of carbonyl (C=O) groups excluding carboxylic acids is 3. The third-order valence-electron chi connectivity index (χ3n) is 6.69. The van der Waals surface area contributed by atoms with E-state index in [0.29, 0.717) is 45.2 Å². The molecule has 0 radical (unpaired) electrons. The maximum absolute atomic E-state index is 13.5. The normalized spacial score (nSPS) is 29.4. The first-order valence-corrected chi connectivity index (χ1v) is 11.1. The molecule has 0 N–H and O–H groups in total. The van der Waals surface area contributed by atoms with Crippen molar-refractivity contribution in [1.29, 1.82) is 0 Å². The molecule has 3 saturated heterocycles. The molecule has 8 heteroatoms. The number of amides is 2. The van der Waals surface area contributed by atoms with Gasteiger partial charge < -0.3 is 24.0 Å². The van der Waals surface area contributed by atoms with Gasteiger partial charge in [-0.3, -0.25) is 9.59 Å². The number of ether oxygens (including phenoxy) is 3. The van der Waals surface area contributed by atoms with E-state index in [2.05, 4.69) is 0 Å². The molecule has 3 heterocycles. The highest BCUT2D eigenvalue weighted by Crippen LogP contribution is 2.31. The summed E-state index contributed by atoms with van der Waals surface area (Å²) in [4.78, 5) is 41.8. The first-order valence-electron chi connectivity index (χ1n) is 11.1. The van der Waals surface area contributed by atoms with Gasteiger partial charge in [-0.2, -0.15) is 0 Å². The van der Waals surface area contributed by atoms with E-state index in [1.807, 2.05) is 0 Å². The largest absolute Gasteiger partial charge is 0.436 e. The van der Waals surface area contributed by atoms with Crippen molar-refractivity contribution in [2.45, 2.75) is 69.6 Å². The van der Waals surface area contributed by atoms with E-state index in [4.69, 9.17) is 14.2 Å². The molecule has 0 spiro atoms. The second-order valence-electron chi connectivity index (χ2n) is 8.65. The molecule has 1 aliphatic carbocycles. The molecule has 4 rings (SSSR count). The molecule has 29 heavy (non-hydrogen) atoms. The van der Waals surface area contributed by atoms with Crippen molar-refractivity contribution in [3.05, 3.63) is 0 Å². The molecule has 3 atom stereocenters. The van der Waals surface area contributed by atoms with Gasteiger partial charge in [0.2, 0.25) is 0 Å². The van der Waals surface area contributed by atoms with Gasteiger partial charge in [0.15, 0.2) is 11.9 Å². The van der Waals surface area contributed by atoms with E-state index >= 15 is 0 Å². The predicted octanol–water partition coefficient (Wildman–Crippen LogP) is 1.75. The Kier molecular flexibility index (Phi) is 6.70. The number of fused-ring (bicyclic) bond motifs is 1. The monoisotopic (exact) mass is 408 g/mol. The SMILES string of the molecule is O=C1COC2CCCN(C(=O)C(CC3CCCCC3)OC(=O)N3CCOCC3)C12. The minimum absolute atomic E-state index is 0.0426. The van der Waals surface area contributed by atoms with Gasteiger partial charge in [-0.1, -0.05) is 32.1 Å². The number of morpholine rings is 1. The second kappa shape index (κ2) is 9.43. The number of piperidine rings is 1. The quantitative estimate of drug-likeness (QED) is 0.705. The molecule has 0 aromatic heterocycles. The molecular weight excluding hydrogens is 376 g/mol. The highest BCUT2D eigenvalue weighted by molar-refractivity contribution is 5.93. The van der Waals surface area contributed by atoms with Crippen LogP contribution in [0.25, 0.3) is 0 Å². The summed E-state index contributed by atoms with van der Waals surface area (Å²) >= 11 is 0. The van der Waals surface area contributed by atoms with E-state index in [-0.39, 0.29) is 24.4 Å². The van der Waals surface area contributed by atoms with Crippen molar-refractivity contribution >= 4 is 17.8 Å². The van der Waals surface area contributed by atoms with Crippen LogP contribution in [0.3, 0.4) is 0 Å². The fourth-order valence-corrected chi connectivity index (χ4v) is 5.09. The Morgan fingerprint density at radius 1 is 1.03 bits per heavy atom. The third kappa shape index (κ3) is 4.74. The predicted molar refractivity (Wildman–Crippen MR) is 103 cm³/mol. The Bertz CT molecular complexity index is 614. The van der Waals surface area contributed by atoms with E-state index in [1.165, 1.54) is 6.42 Å². The number of likely N-dealkylation sites (tertiary alicyclic amines) is 1. The average Bonchev–Trinajstić information content (AvgIpc) is 3.15. The van der Waals surface area contributed by atoms with E-state index in [1.54, 1.807) is 9.80 Å². The van der Waals surface area contributed by atoms with Gasteiger partial charge in [-0.05, 0) is 25.2 Å². The van der Waals surface area contributed by atoms with Gasteiger partial charge >= 0.3 is 6.09 Å². The summed E-state index contributed by atoms with van der Waals surface area (Å²) in [6.45, 7) is 2.51. The summed E-state index contributed by atoms with van der Waals surface area (Å²) in [5.41, 5.74) is 0. The zero-order valence-corrected chi connectivity index (χ0v) is 17.1.